The molecule has 3 heteroatoms. The van der Waals surface area contributed by atoms with Crippen LogP contribution in [-0.2, 0) is 11.2 Å². The van der Waals surface area contributed by atoms with Crippen molar-refractivity contribution >= 4 is 17.8 Å². The summed E-state index contributed by atoms with van der Waals surface area (Å²) in [6.45, 7) is 0. The summed E-state index contributed by atoms with van der Waals surface area (Å²) in [5, 5.41) is 8.64. The Bertz CT molecular complexity index is 461. The second-order valence-corrected chi connectivity index (χ2v) is 3.78. The highest BCUT2D eigenvalue weighted by Gasteiger charge is 2.08. The van der Waals surface area contributed by atoms with E-state index < -0.39 is 5.97 Å². The molecule has 0 atom stereocenters. The van der Waals surface area contributed by atoms with Crippen molar-refractivity contribution in [1.29, 1.82) is 0 Å². The number of fused-ring (bicyclic) bond motifs is 1. The van der Waals surface area contributed by atoms with E-state index in [1.165, 1.54) is 5.56 Å². The van der Waals surface area contributed by atoms with Crippen LogP contribution < -0.4 is 0 Å². The lowest BCUT2D eigenvalue weighted by atomic mass is 10.0. The predicted molar refractivity (Wildman–Crippen MR) is 63.5 cm³/mol. The van der Waals surface area contributed by atoms with Gasteiger partial charge in [-0.1, -0.05) is 24.3 Å². The predicted octanol–water partition coefficient (Wildman–Crippen LogP) is 2.52. The molecule has 0 aromatic heterocycles. The third kappa shape index (κ3) is 2.57. The first-order valence-electron chi connectivity index (χ1n) is 5.27. The number of aliphatic carboxylic acids is 1. The molecule has 0 amide bonds. The van der Waals surface area contributed by atoms with E-state index in [2.05, 4.69) is 11.1 Å². The van der Waals surface area contributed by atoms with Gasteiger partial charge in [0.15, 0.2) is 0 Å². The summed E-state index contributed by atoms with van der Waals surface area (Å²) in [4.78, 5) is 14.8. The number of carboxylic acid groups (broad SMARTS) is 1. The average molecular weight is 215 g/mol. The van der Waals surface area contributed by atoms with Gasteiger partial charge in [-0.15, -0.1) is 0 Å². The molecule has 1 aliphatic rings. The standard InChI is InChI=1S/C13H13NO2/c15-13(16)6-5-12-9-11-4-2-1-3-10(11)7-8-14-12/h1-4,7-8H,5-6,9H2,(H,15,16). The topological polar surface area (TPSA) is 49.7 Å². The highest BCUT2D eigenvalue weighted by Crippen LogP contribution is 2.16. The average Bonchev–Trinajstić information content (AvgIpc) is 2.47. The molecule has 1 aliphatic heterocycles. The van der Waals surface area contributed by atoms with Crippen LogP contribution in [0.3, 0.4) is 0 Å². The smallest absolute Gasteiger partial charge is 0.303 e. The second kappa shape index (κ2) is 4.75. The first-order valence-corrected chi connectivity index (χ1v) is 5.27. The van der Waals surface area contributed by atoms with Gasteiger partial charge < -0.3 is 5.11 Å². The molecule has 1 aromatic carbocycles. The molecule has 0 fully saturated rings. The van der Waals surface area contributed by atoms with E-state index in [1.54, 1.807) is 6.20 Å². The molecular formula is C13H13NO2. The van der Waals surface area contributed by atoms with Gasteiger partial charge in [0.1, 0.15) is 0 Å². The summed E-state index contributed by atoms with van der Waals surface area (Å²) < 4.78 is 0. The molecule has 0 radical (unpaired) electrons. The third-order valence-electron chi connectivity index (χ3n) is 2.59. The van der Waals surface area contributed by atoms with Crippen LogP contribution in [0.1, 0.15) is 24.0 Å². The molecular weight excluding hydrogens is 202 g/mol. The number of carboxylic acids is 1. The number of hydrogen-bond acceptors (Lipinski definition) is 2. The van der Waals surface area contributed by atoms with E-state index in [1.807, 2.05) is 24.3 Å². The van der Waals surface area contributed by atoms with E-state index in [9.17, 15) is 4.79 Å². The summed E-state index contributed by atoms with van der Waals surface area (Å²) in [7, 11) is 0. The van der Waals surface area contributed by atoms with Gasteiger partial charge in [0.05, 0.1) is 6.42 Å². The molecule has 0 unspecified atom stereocenters. The summed E-state index contributed by atoms with van der Waals surface area (Å²) in [5.41, 5.74) is 3.31. The number of aliphatic imine (C=N–C) groups is 1. The molecule has 0 spiro atoms. The van der Waals surface area contributed by atoms with Crippen molar-refractivity contribution in [3.63, 3.8) is 0 Å². The fraction of sp³-hybridized carbons (Fsp3) is 0.231. The SMILES string of the molecule is O=C(O)CCC1=NC=Cc2ccccc2C1. The maximum atomic E-state index is 10.5. The van der Waals surface area contributed by atoms with Crippen molar-refractivity contribution in [2.75, 3.05) is 0 Å². The Labute approximate surface area is 94.1 Å². The highest BCUT2D eigenvalue weighted by molar-refractivity contribution is 5.91. The second-order valence-electron chi connectivity index (χ2n) is 3.78. The van der Waals surface area contributed by atoms with Crippen LogP contribution in [0.4, 0.5) is 0 Å². The van der Waals surface area contributed by atoms with Crippen molar-refractivity contribution in [3.8, 4) is 0 Å². The molecule has 16 heavy (non-hydrogen) atoms. The number of rotatable bonds is 3. The van der Waals surface area contributed by atoms with Crippen LogP contribution in [-0.4, -0.2) is 16.8 Å². The van der Waals surface area contributed by atoms with Gasteiger partial charge in [-0.2, -0.15) is 0 Å². The summed E-state index contributed by atoms with van der Waals surface area (Å²) in [6.07, 6.45) is 5.13. The van der Waals surface area contributed by atoms with Crippen LogP contribution in [0.2, 0.25) is 0 Å². The fourth-order valence-electron chi connectivity index (χ4n) is 1.75. The molecule has 0 saturated heterocycles. The zero-order valence-electron chi connectivity index (χ0n) is 8.89. The molecule has 1 heterocycles. The van der Waals surface area contributed by atoms with Crippen LogP contribution in [0.25, 0.3) is 6.08 Å². The van der Waals surface area contributed by atoms with Gasteiger partial charge in [0.25, 0.3) is 0 Å². The van der Waals surface area contributed by atoms with Gasteiger partial charge in [-0.25, -0.2) is 0 Å². The Balaban J connectivity index is 2.13. The Morgan fingerprint density at radius 1 is 1.38 bits per heavy atom. The van der Waals surface area contributed by atoms with E-state index >= 15 is 0 Å². The summed E-state index contributed by atoms with van der Waals surface area (Å²) >= 11 is 0. The Morgan fingerprint density at radius 3 is 3.00 bits per heavy atom. The van der Waals surface area contributed by atoms with Gasteiger partial charge in [-0.3, -0.25) is 9.79 Å². The number of nitrogens with zero attached hydrogens (tertiary/aromatic N) is 1. The zero-order chi connectivity index (χ0) is 11.4. The lowest BCUT2D eigenvalue weighted by Crippen LogP contribution is -2.06. The van der Waals surface area contributed by atoms with Crippen LogP contribution in [0.5, 0.6) is 0 Å². The summed E-state index contributed by atoms with van der Waals surface area (Å²) in [6, 6.07) is 8.08. The van der Waals surface area contributed by atoms with Crippen molar-refractivity contribution in [1.82, 2.24) is 0 Å². The molecule has 1 N–H and O–H groups in total. The molecule has 0 aliphatic carbocycles. The maximum Gasteiger partial charge on any atom is 0.303 e. The van der Waals surface area contributed by atoms with Gasteiger partial charge in [-0.05, 0) is 23.6 Å². The van der Waals surface area contributed by atoms with Crippen molar-refractivity contribution in [2.45, 2.75) is 19.3 Å². The van der Waals surface area contributed by atoms with Crippen molar-refractivity contribution in [3.05, 3.63) is 41.6 Å². The van der Waals surface area contributed by atoms with Gasteiger partial charge in [0, 0.05) is 18.3 Å². The molecule has 0 saturated carbocycles. The minimum atomic E-state index is -0.774. The van der Waals surface area contributed by atoms with E-state index in [4.69, 9.17) is 5.11 Å². The molecule has 2 rings (SSSR count). The first-order chi connectivity index (χ1) is 7.75. The number of benzene rings is 1. The first kappa shape index (κ1) is 10.6. The van der Waals surface area contributed by atoms with Crippen LogP contribution in [0, 0.1) is 0 Å². The quantitative estimate of drug-likeness (QED) is 0.842. The minimum absolute atomic E-state index is 0.148. The van der Waals surface area contributed by atoms with Crippen LogP contribution in [0.15, 0.2) is 35.5 Å². The van der Waals surface area contributed by atoms with Crippen molar-refractivity contribution < 1.29 is 9.90 Å². The molecule has 0 bridgehead atoms. The number of carbonyl (C=O) groups is 1. The van der Waals surface area contributed by atoms with Crippen molar-refractivity contribution in [2.24, 2.45) is 4.99 Å². The Kier molecular flexibility index (Phi) is 3.15. The van der Waals surface area contributed by atoms with Gasteiger partial charge >= 0.3 is 5.97 Å². The molecule has 1 aromatic rings. The Hall–Kier alpha value is -1.90. The van der Waals surface area contributed by atoms with E-state index in [0.29, 0.717) is 6.42 Å². The lowest BCUT2D eigenvalue weighted by molar-refractivity contribution is -0.136. The Morgan fingerprint density at radius 2 is 2.19 bits per heavy atom. The zero-order valence-corrected chi connectivity index (χ0v) is 8.89. The number of hydrogen-bond donors (Lipinski definition) is 1. The highest BCUT2D eigenvalue weighted by atomic mass is 16.4. The molecule has 3 nitrogen and oxygen atoms in total. The summed E-state index contributed by atoms with van der Waals surface area (Å²) in [5.74, 6) is -0.774. The normalized spacial score (nSPS) is 13.9. The maximum absolute atomic E-state index is 10.5. The van der Waals surface area contributed by atoms with E-state index in [-0.39, 0.29) is 6.42 Å². The third-order valence-corrected chi connectivity index (χ3v) is 2.59. The van der Waals surface area contributed by atoms with E-state index in [0.717, 1.165) is 17.7 Å². The van der Waals surface area contributed by atoms with Crippen LogP contribution >= 0.6 is 0 Å². The molecule has 82 valence electrons. The minimum Gasteiger partial charge on any atom is -0.481 e. The monoisotopic (exact) mass is 215 g/mol. The lowest BCUT2D eigenvalue weighted by Gasteiger charge is -2.05. The fourth-order valence-corrected chi connectivity index (χ4v) is 1.75. The van der Waals surface area contributed by atoms with Gasteiger partial charge in [0.2, 0.25) is 0 Å². The largest absolute Gasteiger partial charge is 0.481 e.